The van der Waals surface area contributed by atoms with Gasteiger partial charge in [-0.15, -0.1) is 0 Å². The SMILES string of the molecule is CCN(CC)CCCC(C)OC(c1ccccc1)c1ccccc1C(F)(F)F.O=C(O)CC(O)(CC(=O)O)C(=O)O. The molecule has 12 heteroatoms. The quantitative estimate of drug-likeness (QED) is 0.225. The molecule has 0 radical (unpaired) electrons. The Morgan fingerprint density at radius 1 is 0.878 bits per heavy atom. The maximum atomic E-state index is 13.6. The number of carboxylic acid groups (broad SMARTS) is 3. The first-order chi connectivity index (χ1) is 19.1. The predicted octanol–water partition coefficient (Wildman–Crippen LogP) is 5.07. The molecule has 9 nitrogen and oxygen atoms in total. The topological polar surface area (TPSA) is 145 Å². The second-order valence-electron chi connectivity index (χ2n) is 9.47. The number of carboxylic acids is 3. The van der Waals surface area contributed by atoms with Crippen LogP contribution >= 0.6 is 0 Å². The molecular formula is C29H38F3NO8. The summed E-state index contributed by atoms with van der Waals surface area (Å²) in [6.45, 7) is 9.16. The molecule has 0 aliphatic carbocycles. The van der Waals surface area contributed by atoms with Gasteiger partial charge in [0.1, 0.15) is 6.10 Å². The van der Waals surface area contributed by atoms with Crippen molar-refractivity contribution < 1.29 is 52.7 Å². The number of benzene rings is 2. The maximum Gasteiger partial charge on any atom is 0.416 e. The van der Waals surface area contributed by atoms with E-state index >= 15 is 0 Å². The van der Waals surface area contributed by atoms with E-state index in [1.807, 2.05) is 37.3 Å². The third kappa shape index (κ3) is 12.3. The van der Waals surface area contributed by atoms with Gasteiger partial charge in [-0.2, -0.15) is 13.2 Å². The minimum absolute atomic E-state index is 0.151. The summed E-state index contributed by atoms with van der Waals surface area (Å²) in [4.78, 5) is 32.8. The summed E-state index contributed by atoms with van der Waals surface area (Å²) in [5.41, 5.74) is -2.48. The summed E-state index contributed by atoms with van der Waals surface area (Å²) in [6, 6.07) is 14.8. The van der Waals surface area contributed by atoms with Crippen LogP contribution in [0, 0.1) is 0 Å². The number of ether oxygens (including phenoxy) is 1. The zero-order chi connectivity index (χ0) is 31.2. The summed E-state index contributed by atoms with van der Waals surface area (Å²) < 4.78 is 46.9. The highest BCUT2D eigenvalue weighted by Gasteiger charge is 2.41. The molecule has 0 saturated heterocycles. The number of rotatable bonds is 15. The number of hydrogen-bond acceptors (Lipinski definition) is 6. The summed E-state index contributed by atoms with van der Waals surface area (Å²) in [5.74, 6) is -5.02. The van der Waals surface area contributed by atoms with Gasteiger partial charge in [-0.1, -0.05) is 62.4 Å². The molecule has 228 valence electrons. The molecule has 2 atom stereocenters. The number of halogens is 3. The van der Waals surface area contributed by atoms with E-state index in [-0.39, 0.29) is 11.7 Å². The lowest BCUT2D eigenvalue weighted by atomic mass is 9.96. The Morgan fingerprint density at radius 2 is 1.39 bits per heavy atom. The van der Waals surface area contributed by atoms with Crippen LogP contribution in [-0.2, 0) is 25.3 Å². The molecule has 2 aromatic carbocycles. The van der Waals surface area contributed by atoms with E-state index in [9.17, 15) is 27.6 Å². The van der Waals surface area contributed by atoms with E-state index in [1.54, 1.807) is 6.07 Å². The smallest absolute Gasteiger partial charge is 0.416 e. The highest BCUT2D eigenvalue weighted by Crippen LogP contribution is 2.38. The zero-order valence-electron chi connectivity index (χ0n) is 23.3. The van der Waals surface area contributed by atoms with Crippen LogP contribution in [-0.4, -0.2) is 74.6 Å². The molecule has 0 bridgehead atoms. The molecule has 0 aliphatic heterocycles. The van der Waals surface area contributed by atoms with Gasteiger partial charge in [0.25, 0.3) is 0 Å². The molecule has 0 heterocycles. The summed E-state index contributed by atoms with van der Waals surface area (Å²) >= 11 is 0. The van der Waals surface area contributed by atoms with Crippen molar-refractivity contribution >= 4 is 17.9 Å². The van der Waals surface area contributed by atoms with Crippen LogP contribution in [0.2, 0.25) is 0 Å². The zero-order valence-corrected chi connectivity index (χ0v) is 23.3. The van der Waals surface area contributed by atoms with Crippen LogP contribution in [0.4, 0.5) is 13.2 Å². The molecule has 2 unspecified atom stereocenters. The molecule has 4 N–H and O–H groups in total. The minimum Gasteiger partial charge on any atom is -0.481 e. The average Bonchev–Trinajstić information content (AvgIpc) is 2.89. The van der Waals surface area contributed by atoms with Gasteiger partial charge in [-0.3, -0.25) is 9.59 Å². The van der Waals surface area contributed by atoms with Crippen molar-refractivity contribution in [3.63, 3.8) is 0 Å². The van der Waals surface area contributed by atoms with E-state index in [1.165, 1.54) is 12.1 Å². The first kappa shape index (κ1) is 35.5. The number of hydrogen-bond donors (Lipinski definition) is 4. The van der Waals surface area contributed by atoms with Gasteiger partial charge in [0.05, 0.1) is 24.5 Å². The number of carbonyl (C=O) groups is 3. The van der Waals surface area contributed by atoms with Gasteiger partial charge in [-0.25, -0.2) is 4.79 Å². The largest absolute Gasteiger partial charge is 0.481 e. The minimum atomic E-state index is -4.42. The lowest BCUT2D eigenvalue weighted by molar-refractivity contribution is -0.170. The molecule has 0 amide bonds. The van der Waals surface area contributed by atoms with Crippen LogP contribution < -0.4 is 0 Å². The molecule has 41 heavy (non-hydrogen) atoms. The van der Waals surface area contributed by atoms with Crippen molar-refractivity contribution in [2.45, 2.75) is 70.4 Å². The Morgan fingerprint density at radius 3 is 1.85 bits per heavy atom. The summed E-state index contributed by atoms with van der Waals surface area (Å²) in [7, 11) is 0. The van der Waals surface area contributed by atoms with Gasteiger partial charge >= 0.3 is 24.1 Å². The van der Waals surface area contributed by atoms with Crippen LogP contribution in [0.25, 0.3) is 0 Å². The Labute approximate surface area is 237 Å². The normalized spacial score (nSPS) is 13.2. The van der Waals surface area contributed by atoms with E-state index in [0.717, 1.165) is 44.1 Å². The van der Waals surface area contributed by atoms with Crippen LogP contribution in [0.5, 0.6) is 0 Å². The Kier molecular flexibility index (Phi) is 14.5. The van der Waals surface area contributed by atoms with Crippen molar-refractivity contribution in [2.24, 2.45) is 0 Å². The third-order valence-electron chi connectivity index (χ3n) is 6.28. The van der Waals surface area contributed by atoms with Gasteiger partial charge in [-0.05, 0) is 56.6 Å². The van der Waals surface area contributed by atoms with Gasteiger partial charge < -0.3 is 30.1 Å². The Balaban J connectivity index is 0.000000545. The van der Waals surface area contributed by atoms with Crippen molar-refractivity contribution in [1.82, 2.24) is 4.90 Å². The fourth-order valence-electron chi connectivity index (χ4n) is 4.10. The second kappa shape index (κ2) is 16.7. The molecule has 0 aromatic heterocycles. The molecule has 0 spiro atoms. The molecule has 0 fully saturated rings. The monoisotopic (exact) mass is 585 g/mol. The standard InChI is InChI=1S/C23H30F3NO.C6H8O7/c1-4-27(5-2)17-11-12-18(3)28-22(19-13-7-6-8-14-19)20-15-9-10-16-21(20)23(24,25)26;7-3(8)1-6(13,5(11)12)2-4(9)10/h6-10,13-16,18,22H,4-5,11-12,17H2,1-3H3;13H,1-2H2,(H,7,8)(H,9,10)(H,11,12). The van der Waals surface area contributed by atoms with Crippen molar-refractivity contribution in [2.75, 3.05) is 19.6 Å². The van der Waals surface area contributed by atoms with Crippen LogP contribution in [0.3, 0.4) is 0 Å². The molecule has 0 aliphatic rings. The highest BCUT2D eigenvalue weighted by atomic mass is 19.4. The van der Waals surface area contributed by atoms with E-state index in [0.29, 0.717) is 0 Å². The van der Waals surface area contributed by atoms with E-state index in [4.69, 9.17) is 25.2 Å². The highest BCUT2D eigenvalue weighted by molar-refractivity contribution is 5.88. The summed E-state index contributed by atoms with van der Waals surface area (Å²) in [6.07, 6.45) is -5.86. The van der Waals surface area contributed by atoms with Crippen molar-refractivity contribution in [3.05, 3.63) is 71.3 Å². The molecular weight excluding hydrogens is 547 g/mol. The fraction of sp³-hybridized carbons (Fsp3) is 0.483. The molecule has 2 aromatic rings. The lowest BCUT2D eigenvalue weighted by Gasteiger charge is -2.26. The lowest BCUT2D eigenvalue weighted by Crippen LogP contribution is -2.42. The predicted molar refractivity (Wildman–Crippen MR) is 144 cm³/mol. The van der Waals surface area contributed by atoms with E-state index in [2.05, 4.69) is 18.7 Å². The van der Waals surface area contributed by atoms with Crippen LogP contribution in [0.15, 0.2) is 54.6 Å². The van der Waals surface area contributed by atoms with Crippen LogP contribution in [0.1, 0.15) is 69.2 Å². The maximum absolute atomic E-state index is 13.6. The third-order valence-corrected chi connectivity index (χ3v) is 6.28. The number of alkyl halides is 3. The fourth-order valence-corrected chi connectivity index (χ4v) is 4.10. The van der Waals surface area contributed by atoms with Gasteiger partial charge in [0, 0.05) is 0 Å². The Hall–Kier alpha value is -3.48. The number of aliphatic hydroxyl groups is 1. The van der Waals surface area contributed by atoms with Crippen molar-refractivity contribution in [1.29, 1.82) is 0 Å². The average molecular weight is 586 g/mol. The first-order valence-corrected chi connectivity index (χ1v) is 13.1. The molecule has 0 saturated carbocycles. The number of nitrogens with zero attached hydrogens (tertiary/aromatic N) is 1. The van der Waals surface area contributed by atoms with Gasteiger partial charge in [0.15, 0.2) is 5.60 Å². The first-order valence-electron chi connectivity index (χ1n) is 13.1. The van der Waals surface area contributed by atoms with Crippen molar-refractivity contribution in [3.8, 4) is 0 Å². The Bertz CT molecular complexity index is 1090. The van der Waals surface area contributed by atoms with E-state index < -0.39 is 54.2 Å². The summed E-state index contributed by atoms with van der Waals surface area (Å²) in [5, 5.41) is 33.8. The number of aliphatic carboxylic acids is 3. The molecule has 2 rings (SSSR count). The second-order valence-corrected chi connectivity index (χ2v) is 9.47. The van der Waals surface area contributed by atoms with Gasteiger partial charge in [0.2, 0.25) is 0 Å².